The highest BCUT2D eigenvalue weighted by Crippen LogP contribution is 2.42. The van der Waals surface area contributed by atoms with Crippen LogP contribution in [0.1, 0.15) is 142 Å². The van der Waals surface area contributed by atoms with Crippen LogP contribution in [0.4, 0.5) is 0 Å². The lowest BCUT2D eigenvalue weighted by molar-refractivity contribution is -0.145. The maximum atomic E-state index is 11.8. The molecule has 0 unspecified atom stereocenters. The molecule has 0 aromatic heterocycles. The van der Waals surface area contributed by atoms with Crippen molar-refractivity contribution in [1.29, 1.82) is 0 Å². The lowest BCUT2D eigenvalue weighted by Crippen LogP contribution is -2.12. The zero-order valence-corrected chi connectivity index (χ0v) is 24.6. The number of ether oxygens (including phenoxy) is 2. The lowest BCUT2D eigenvalue weighted by atomic mass is 10.1. The molecule has 0 spiro atoms. The molecule has 0 saturated heterocycles. The van der Waals surface area contributed by atoms with Gasteiger partial charge in [0.1, 0.15) is 13.2 Å². The monoisotopic (exact) mass is 550 g/mol. The van der Waals surface area contributed by atoms with Gasteiger partial charge in [0, 0.05) is 12.8 Å². The maximum absolute atomic E-state index is 11.8. The standard InChI is InChI=1S/C28H55O8P/c1-3-5-7-9-11-13-15-17-19-21-27(29)33-23-25-35-37(31,32)36-26-24-34-28(30)22-20-18-16-14-12-10-8-6-4-2/h3-26H2,1-2H3,(H,31,32). The van der Waals surface area contributed by atoms with Crippen molar-refractivity contribution >= 4 is 19.8 Å². The molecule has 220 valence electrons. The Kier molecular flexibility index (Phi) is 26.0. The summed E-state index contributed by atoms with van der Waals surface area (Å²) in [5, 5.41) is 0. The Bertz CT molecular complexity index is 539. The second kappa shape index (κ2) is 26.6. The first-order valence-corrected chi connectivity index (χ1v) is 16.3. The molecule has 0 rings (SSSR count). The molecule has 0 fully saturated rings. The zero-order valence-electron chi connectivity index (χ0n) is 23.7. The van der Waals surface area contributed by atoms with Gasteiger partial charge in [-0.2, -0.15) is 0 Å². The molecular weight excluding hydrogens is 495 g/mol. The third-order valence-electron chi connectivity index (χ3n) is 6.17. The number of esters is 2. The largest absolute Gasteiger partial charge is 0.472 e. The second-order valence-corrected chi connectivity index (χ2v) is 11.2. The first-order chi connectivity index (χ1) is 17.9. The normalized spacial score (nSPS) is 11.5. The SMILES string of the molecule is CCCCCCCCCCCC(=O)OCCOP(=O)(O)OCCOC(=O)CCCCCCCCCCC. The Morgan fingerprint density at radius 1 is 0.514 bits per heavy atom. The van der Waals surface area contributed by atoms with Gasteiger partial charge in [-0.25, -0.2) is 4.57 Å². The number of phosphoric acid groups is 1. The van der Waals surface area contributed by atoms with Crippen molar-refractivity contribution in [1.82, 2.24) is 0 Å². The molecule has 0 saturated carbocycles. The molecule has 37 heavy (non-hydrogen) atoms. The predicted molar refractivity (Wildman–Crippen MR) is 147 cm³/mol. The van der Waals surface area contributed by atoms with Crippen molar-refractivity contribution in [3.05, 3.63) is 0 Å². The first kappa shape index (κ1) is 36.0. The molecule has 0 bridgehead atoms. The van der Waals surface area contributed by atoms with E-state index in [-0.39, 0.29) is 38.4 Å². The van der Waals surface area contributed by atoms with Gasteiger partial charge < -0.3 is 14.4 Å². The minimum Gasteiger partial charge on any atom is -0.463 e. The highest BCUT2D eigenvalue weighted by atomic mass is 31.2. The van der Waals surface area contributed by atoms with Crippen LogP contribution in [0.3, 0.4) is 0 Å². The van der Waals surface area contributed by atoms with Crippen LogP contribution in [0.2, 0.25) is 0 Å². The molecular formula is C28H55O8P. The third-order valence-corrected chi connectivity index (χ3v) is 7.19. The van der Waals surface area contributed by atoms with Gasteiger partial charge in [-0.1, -0.05) is 117 Å². The summed E-state index contributed by atoms with van der Waals surface area (Å²) in [5.41, 5.74) is 0. The fourth-order valence-corrected chi connectivity index (χ4v) is 4.64. The Morgan fingerprint density at radius 3 is 1.14 bits per heavy atom. The van der Waals surface area contributed by atoms with Crippen molar-refractivity contribution in [2.45, 2.75) is 142 Å². The van der Waals surface area contributed by atoms with Gasteiger partial charge in [-0.15, -0.1) is 0 Å². The third kappa shape index (κ3) is 27.9. The molecule has 0 atom stereocenters. The van der Waals surface area contributed by atoms with Crippen molar-refractivity contribution in [2.75, 3.05) is 26.4 Å². The number of carbonyl (C=O) groups excluding carboxylic acids is 2. The van der Waals surface area contributed by atoms with E-state index in [0.29, 0.717) is 12.8 Å². The summed E-state index contributed by atoms with van der Waals surface area (Å²) >= 11 is 0. The minimum absolute atomic E-state index is 0.113. The number of hydrogen-bond acceptors (Lipinski definition) is 7. The Hall–Kier alpha value is -0.950. The topological polar surface area (TPSA) is 108 Å². The van der Waals surface area contributed by atoms with E-state index in [0.717, 1.165) is 38.5 Å². The number of hydrogen-bond donors (Lipinski definition) is 1. The first-order valence-electron chi connectivity index (χ1n) is 14.8. The van der Waals surface area contributed by atoms with Crippen LogP contribution in [-0.4, -0.2) is 43.3 Å². The molecule has 0 heterocycles. The summed E-state index contributed by atoms with van der Waals surface area (Å²) < 4.78 is 31.5. The average molecular weight is 551 g/mol. The van der Waals surface area contributed by atoms with Gasteiger partial charge in [0.25, 0.3) is 0 Å². The Morgan fingerprint density at radius 2 is 0.811 bits per heavy atom. The van der Waals surface area contributed by atoms with E-state index in [1.54, 1.807) is 0 Å². The van der Waals surface area contributed by atoms with Gasteiger partial charge in [-0.05, 0) is 12.8 Å². The molecule has 1 N–H and O–H groups in total. The van der Waals surface area contributed by atoms with Crippen molar-refractivity contribution < 1.29 is 37.6 Å². The minimum atomic E-state index is -4.28. The van der Waals surface area contributed by atoms with Crippen molar-refractivity contribution in [3.8, 4) is 0 Å². The molecule has 0 aliphatic heterocycles. The number of rotatable bonds is 28. The van der Waals surface area contributed by atoms with E-state index in [2.05, 4.69) is 13.8 Å². The maximum Gasteiger partial charge on any atom is 0.472 e. The summed E-state index contributed by atoms with van der Waals surface area (Å²) in [5.74, 6) is -0.668. The highest BCUT2D eigenvalue weighted by molar-refractivity contribution is 7.47. The van der Waals surface area contributed by atoms with Gasteiger partial charge in [-0.3, -0.25) is 18.6 Å². The van der Waals surface area contributed by atoms with Gasteiger partial charge >= 0.3 is 19.8 Å². The molecule has 0 radical (unpaired) electrons. The summed E-state index contributed by atoms with van der Waals surface area (Å²) in [4.78, 5) is 33.1. The lowest BCUT2D eigenvalue weighted by Gasteiger charge is -2.12. The van der Waals surface area contributed by atoms with Crippen LogP contribution < -0.4 is 0 Å². The Labute approximate surface area is 226 Å². The molecule has 0 aliphatic rings. The van der Waals surface area contributed by atoms with Crippen LogP contribution in [0.5, 0.6) is 0 Å². The number of unbranched alkanes of at least 4 members (excludes halogenated alkanes) is 16. The molecule has 0 aromatic carbocycles. The van der Waals surface area contributed by atoms with Gasteiger partial charge in [0.2, 0.25) is 0 Å². The number of phosphoric ester groups is 1. The smallest absolute Gasteiger partial charge is 0.463 e. The number of carbonyl (C=O) groups is 2. The van der Waals surface area contributed by atoms with Gasteiger partial charge in [0.05, 0.1) is 13.2 Å². The molecule has 9 heteroatoms. The van der Waals surface area contributed by atoms with Gasteiger partial charge in [0.15, 0.2) is 0 Å². The summed E-state index contributed by atoms with van der Waals surface area (Å²) in [7, 11) is -4.28. The van der Waals surface area contributed by atoms with Crippen LogP contribution in [0.15, 0.2) is 0 Å². The van der Waals surface area contributed by atoms with Crippen LogP contribution >= 0.6 is 7.82 Å². The average Bonchev–Trinajstić information content (AvgIpc) is 2.87. The van der Waals surface area contributed by atoms with Crippen LogP contribution in [0.25, 0.3) is 0 Å². The van der Waals surface area contributed by atoms with Crippen molar-refractivity contribution in [2.24, 2.45) is 0 Å². The van der Waals surface area contributed by atoms with E-state index in [1.165, 1.54) is 77.0 Å². The molecule has 0 aliphatic carbocycles. The van der Waals surface area contributed by atoms with E-state index in [1.807, 2.05) is 0 Å². The Balaban J connectivity index is 3.54. The quantitative estimate of drug-likeness (QED) is 0.0592. The van der Waals surface area contributed by atoms with Crippen molar-refractivity contribution in [3.63, 3.8) is 0 Å². The van der Waals surface area contributed by atoms with E-state index in [9.17, 15) is 19.0 Å². The highest BCUT2D eigenvalue weighted by Gasteiger charge is 2.21. The fourth-order valence-electron chi connectivity index (χ4n) is 3.96. The molecule has 8 nitrogen and oxygen atoms in total. The van der Waals surface area contributed by atoms with Crippen LogP contribution in [-0.2, 0) is 32.7 Å². The van der Waals surface area contributed by atoms with E-state index >= 15 is 0 Å². The second-order valence-electron chi connectivity index (χ2n) is 9.73. The zero-order chi connectivity index (χ0) is 27.5. The summed E-state index contributed by atoms with van der Waals surface area (Å²) in [6, 6.07) is 0. The van der Waals surface area contributed by atoms with E-state index in [4.69, 9.17) is 18.5 Å². The van der Waals surface area contributed by atoms with Crippen LogP contribution in [0, 0.1) is 0 Å². The molecule has 0 amide bonds. The fraction of sp³-hybridized carbons (Fsp3) is 0.929. The van der Waals surface area contributed by atoms with E-state index < -0.39 is 7.82 Å². The molecule has 0 aromatic rings. The predicted octanol–water partition coefficient (Wildman–Crippen LogP) is 8.05. The summed E-state index contributed by atoms with van der Waals surface area (Å²) in [6.45, 7) is 3.71. The summed E-state index contributed by atoms with van der Waals surface area (Å²) in [6.07, 6.45) is 21.8.